The van der Waals surface area contributed by atoms with Gasteiger partial charge in [-0.25, -0.2) is 0 Å². The van der Waals surface area contributed by atoms with Crippen molar-refractivity contribution in [2.24, 2.45) is 0 Å². The van der Waals surface area contributed by atoms with Gasteiger partial charge in [-0.2, -0.15) is 0 Å². The number of nitrogens with zero attached hydrogens (tertiary/aromatic N) is 1. The zero-order valence-corrected chi connectivity index (χ0v) is 11.9. The molecule has 0 fully saturated rings. The Labute approximate surface area is 131 Å². The van der Waals surface area contributed by atoms with Crippen LogP contribution in [-0.4, -0.2) is 17.5 Å². The summed E-state index contributed by atoms with van der Waals surface area (Å²) < 4.78 is 10.4. The molecule has 0 aliphatic carbocycles. The number of allylic oxidation sites excluding steroid dienone is 1. The summed E-state index contributed by atoms with van der Waals surface area (Å²) in [7, 11) is 0. The molecule has 1 aliphatic rings. The van der Waals surface area contributed by atoms with Gasteiger partial charge in [0.15, 0.2) is 17.3 Å². The summed E-state index contributed by atoms with van der Waals surface area (Å²) in [5.41, 5.74) is 1.14. The Hall–Kier alpha value is -3.35. The number of carbonyl (C=O) groups is 1. The maximum absolute atomic E-state index is 12.1. The largest absolute Gasteiger partial charge is 0.454 e. The van der Waals surface area contributed by atoms with Gasteiger partial charge in [0.05, 0.1) is 4.92 Å². The predicted octanol–water partition coefficient (Wildman–Crippen LogP) is 3.13. The lowest BCUT2D eigenvalue weighted by Crippen LogP contribution is -1.96. The molecule has 1 aliphatic heterocycles. The fourth-order valence-electron chi connectivity index (χ4n) is 2.04. The van der Waals surface area contributed by atoms with Gasteiger partial charge in [0.25, 0.3) is 5.69 Å². The number of carbonyl (C=O) groups excluding carboxylic acids is 1. The first-order valence-electron chi connectivity index (χ1n) is 6.75. The molecule has 23 heavy (non-hydrogen) atoms. The normalized spacial score (nSPS) is 12.3. The van der Waals surface area contributed by atoms with Gasteiger partial charge in [-0.3, -0.25) is 14.9 Å². The van der Waals surface area contributed by atoms with Crippen LogP contribution in [0.3, 0.4) is 0 Å². The molecule has 0 aromatic heterocycles. The van der Waals surface area contributed by atoms with Crippen molar-refractivity contribution in [2.75, 3.05) is 12.1 Å². The molecular weight excluding hydrogens is 300 g/mol. The Morgan fingerprint density at radius 3 is 2.61 bits per heavy atom. The molecule has 0 amide bonds. The monoisotopic (exact) mass is 312 g/mol. The Morgan fingerprint density at radius 2 is 1.87 bits per heavy atom. The van der Waals surface area contributed by atoms with Crippen LogP contribution in [0, 0.1) is 10.1 Å². The van der Waals surface area contributed by atoms with Crippen molar-refractivity contribution in [3.05, 3.63) is 70.4 Å². The summed E-state index contributed by atoms with van der Waals surface area (Å²) >= 11 is 0. The van der Waals surface area contributed by atoms with E-state index in [2.05, 4.69) is 5.32 Å². The number of rotatable bonds is 5. The van der Waals surface area contributed by atoms with Crippen molar-refractivity contribution < 1.29 is 19.2 Å². The smallest absolute Gasteiger partial charge is 0.269 e. The van der Waals surface area contributed by atoms with Crippen molar-refractivity contribution in [3.8, 4) is 11.5 Å². The zero-order chi connectivity index (χ0) is 16.2. The Bertz CT molecular complexity index is 784. The third kappa shape index (κ3) is 3.29. The van der Waals surface area contributed by atoms with Gasteiger partial charge in [0.1, 0.15) is 0 Å². The minimum atomic E-state index is -0.469. The van der Waals surface area contributed by atoms with Crippen LogP contribution in [0.25, 0.3) is 0 Å². The van der Waals surface area contributed by atoms with Crippen molar-refractivity contribution in [2.45, 2.75) is 0 Å². The molecule has 116 valence electrons. The van der Waals surface area contributed by atoms with E-state index in [-0.39, 0.29) is 18.3 Å². The van der Waals surface area contributed by atoms with Gasteiger partial charge >= 0.3 is 0 Å². The van der Waals surface area contributed by atoms with E-state index in [1.165, 1.54) is 24.4 Å². The fourth-order valence-corrected chi connectivity index (χ4v) is 2.04. The van der Waals surface area contributed by atoms with Crippen molar-refractivity contribution in [1.82, 2.24) is 0 Å². The first-order chi connectivity index (χ1) is 11.1. The number of nitro benzene ring substituents is 1. The number of fused-ring (bicyclic) bond motifs is 1. The average Bonchev–Trinajstić information content (AvgIpc) is 3.02. The molecule has 0 spiro atoms. The summed E-state index contributed by atoms with van der Waals surface area (Å²) in [5.74, 6) is 0.972. The van der Waals surface area contributed by atoms with Crippen molar-refractivity contribution in [3.63, 3.8) is 0 Å². The molecule has 0 saturated carbocycles. The number of anilines is 1. The number of ketones is 1. The van der Waals surface area contributed by atoms with E-state index in [4.69, 9.17) is 9.47 Å². The number of hydrogen-bond donors (Lipinski definition) is 1. The topological polar surface area (TPSA) is 90.7 Å². The quantitative estimate of drug-likeness (QED) is 0.395. The first-order valence-corrected chi connectivity index (χ1v) is 6.75. The van der Waals surface area contributed by atoms with Crippen LogP contribution >= 0.6 is 0 Å². The Morgan fingerprint density at radius 1 is 1.13 bits per heavy atom. The number of hydrogen-bond acceptors (Lipinski definition) is 6. The molecule has 0 atom stereocenters. The van der Waals surface area contributed by atoms with E-state index in [0.717, 1.165) is 0 Å². The first kappa shape index (κ1) is 14.6. The summed E-state index contributed by atoms with van der Waals surface area (Å²) in [6, 6.07) is 10.9. The molecular formula is C16H12N2O5. The highest BCUT2D eigenvalue weighted by atomic mass is 16.7. The molecule has 7 heteroatoms. The maximum atomic E-state index is 12.1. The molecule has 0 bridgehead atoms. The van der Waals surface area contributed by atoms with Crippen LogP contribution < -0.4 is 14.8 Å². The van der Waals surface area contributed by atoms with Gasteiger partial charge < -0.3 is 14.8 Å². The van der Waals surface area contributed by atoms with E-state index in [0.29, 0.717) is 22.7 Å². The van der Waals surface area contributed by atoms with E-state index in [1.807, 2.05) is 0 Å². The highest BCUT2D eigenvalue weighted by molar-refractivity contribution is 6.05. The molecule has 7 nitrogen and oxygen atoms in total. The molecule has 0 radical (unpaired) electrons. The highest BCUT2D eigenvalue weighted by Crippen LogP contribution is 2.32. The van der Waals surface area contributed by atoms with Gasteiger partial charge in [-0.1, -0.05) is 0 Å². The second kappa shape index (κ2) is 6.18. The van der Waals surface area contributed by atoms with Crippen LogP contribution in [0.2, 0.25) is 0 Å². The molecule has 2 aromatic carbocycles. The lowest BCUT2D eigenvalue weighted by atomic mass is 10.1. The fraction of sp³-hybridized carbons (Fsp3) is 0.0625. The maximum Gasteiger partial charge on any atom is 0.269 e. The van der Waals surface area contributed by atoms with Crippen LogP contribution in [0.15, 0.2) is 54.7 Å². The van der Waals surface area contributed by atoms with Crippen molar-refractivity contribution in [1.29, 1.82) is 0 Å². The molecule has 0 saturated heterocycles. The third-order valence-corrected chi connectivity index (χ3v) is 3.22. The highest BCUT2D eigenvalue weighted by Gasteiger charge is 2.15. The van der Waals surface area contributed by atoms with E-state index in [1.54, 1.807) is 30.3 Å². The molecule has 0 unspecified atom stereocenters. The van der Waals surface area contributed by atoms with E-state index < -0.39 is 4.92 Å². The van der Waals surface area contributed by atoms with Gasteiger partial charge in [-0.05, 0) is 30.3 Å². The molecule has 1 N–H and O–H groups in total. The van der Waals surface area contributed by atoms with Crippen molar-refractivity contribution >= 4 is 17.2 Å². The lowest BCUT2D eigenvalue weighted by Gasteiger charge is -2.01. The predicted molar refractivity (Wildman–Crippen MR) is 82.8 cm³/mol. The SMILES string of the molecule is O=C(/C=C\Nc1ccc([N+](=O)[O-])cc1)c1ccc2c(c1)OCO2. The van der Waals surface area contributed by atoms with E-state index >= 15 is 0 Å². The third-order valence-electron chi connectivity index (χ3n) is 3.22. The summed E-state index contributed by atoms with van der Waals surface area (Å²) in [6.07, 6.45) is 2.85. The zero-order valence-electron chi connectivity index (χ0n) is 11.9. The summed E-state index contributed by atoms with van der Waals surface area (Å²) in [4.78, 5) is 22.2. The van der Waals surface area contributed by atoms with Crippen LogP contribution in [0.5, 0.6) is 11.5 Å². The second-order valence-electron chi connectivity index (χ2n) is 4.71. The molecule has 2 aromatic rings. The summed E-state index contributed by atoms with van der Waals surface area (Å²) in [6.45, 7) is 0.157. The van der Waals surface area contributed by atoms with Crippen LogP contribution in [0.4, 0.5) is 11.4 Å². The molecule has 3 rings (SSSR count). The lowest BCUT2D eigenvalue weighted by molar-refractivity contribution is -0.384. The number of benzene rings is 2. The average molecular weight is 312 g/mol. The number of non-ortho nitro benzene ring substituents is 1. The van der Waals surface area contributed by atoms with Crippen LogP contribution in [-0.2, 0) is 0 Å². The minimum Gasteiger partial charge on any atom is -0.454 e. The second-order valence-corrected chi connectivity index (χ2v) is 4.71. The van der Waals surface area contributed by atoms with Gasteiger partial charge in [0.2, 0.25) is 6.79 Å². The van der Waals surface area contributed by atoms with E-state index in [9.17, 15) is 14.9 Å². The van der Waals surface area contributed by atoms with Crippen LogP contribution in [0.1, 0.15) is 10.4 Å². The van der Waals surface area contributed by atoms with Gasteiger partial charge in [-0.15, -0.1) is 0 Å². The minimum absolute atomic E-state index is 0.0102. The number of nitro groups is 1. The number of nitrogens with one attached hydrogen (secondary N) is 1. The Balaban J connectivity index is 1.63. The van der Waals surface area contributed by atoms with Gasteiger partial charge in [0, 0.05) is 35.7 Å². The molecule has 1 heterocycles. The summed E-state index contributed by atoms with van der Waals surface area (Å²) in [5, 5.41) is 13.4. The number of ether oxygens (including phenoxy) is 2. The Kier molecular flexibility index (Phi) is 3.92. The standard InChI is InChI=1S/C16H12N2O5/c19-14(11-1-6-15-16(9-11)23-10-22-15)7-8-17-12-2-4-13(5-3-12)18(20)21/h1-9,17H,10H2/b8-7-.